The molecule has 5 heteroatoms. The van der Waals surface area contributed by atoms with E-state index in [1.165, 1.54) is 0 Å². The predicted molar refractivity (Wildman–Crippen MR) is 77.3 cm³/mol. The summed E-state index contributed by atoms with van der Waals surface area (Å²) < 4.78 is 7.87. The number of halogens is 1. The van der Waals surface area contributed by atoms with Gasteiger partial charge in [0.15, 0.2) is 0 Å². The van der Waals surface area contributed by atoms with Crippen molar-refractivity contribution in [1.29, 1.82) is 0 Å². The van der Waals surface area contributed by atoms with E-state index in [1.807, 2.05) is 29.9 Å². The maximum atomic E-state index is 12.0. The van der Waals surface area contributed by atoms with Crippen molar-refractivity contribution in [3.63, 3.8) is 0 Å². The Morgan fingerprint density at radius 2 is 2.21 bits per heavy atom. The van der Waals surface area contributed by atoms with E-state index in [9.17, 15) is 4.79 Å². The Morgan fingerprint density at radius 3 is 2.79 bits per heavy atom. The molecule has 2 rings (SSSR count). The maximum Gasteiger partial charge on any atom is 0.251 e. The van der Waals surface area contributed by atoms with Crippen LogP contribution in [0.15, 0.2) is 41.0 Å². The molecule has 1 aromatic carbocycles. The Bertz CT molecular complexity index is 593. The minimum Gasteiger partial charge on any atom is -0.496 e. The highest BCUT2D eigenvalue weighted by Gasteiger charge is 2.09. The van der Waals surface area contributed by atoms with Crippen LogP contribution in [0, 0.1) is 0 Å². The maximum absolute atomic E-state index is 12.0. The monoisotopic (exact) mass is 322 g/mol. The van der Waals surface area contributed by atoms with E-state index >= 15 is 0 Å². The minimum atomic E-state index is -0.107. The summed E-state index contributed by atoms with van der Waals surface area (Å²) in [6, 6.07) is 9.18. The summed E-state index contributed by atoms with van der Waals surface area (Å²) in [6.45, 7) is 0.506. The fourth-order valence-corrected chi connectivity index (χ4v) is 2.30. The summed E-state index contributed by atoms with van der Waals surface area (Å²) in [5.41, 5.74) is 1.66. The molecule has 2 aromatic rings. The number of methoxy groups -OCH3 is 1. The van der Waals surface area contributed by atoms with Gasteiger partial charge in [0.2, 0.25) is 0 Å². The number of aryl methyl sites for hydroxylation is 1. The first kappa shape index (κ1) is 13.7. The lowest BCUT2D eigenvalue weighted by atomic mass is 10.2. The summed E-state index contributed by atoms with van der Waals surface area (Å²) in [7, 11) is 3.54. The number of nitrogens with zero attached hydrogens (tertiary/aromatic N) is 1. The van der Waals surface area contributed by atoms with Gasteiger partial charge in [-0.3, -0.25) is 4.79 Å². The largest absolute Gasteiger partial charge is 0.496 e. The molecule has 0 saturated carbocycles. The van der Waals surface area contributed by atoms with Crippen LogP contribution in [0.2, 0.25) is 0 Å². The molecule has 0 aliphatic heterocycles. The highest BCUT2D eigenvalue weighted by Crippen LogP contribution is 2.25. The summed E-state index contributed by atoms with van der Waals surface area (Å²) in [4.78, 5) is 12.0. The standard InChI is InChI=1S/C14H15BrN2O2/c1-17-7-3-4-11(17)9-16-14(18)10-5-6-13(19-2)12(15)8-10/h3-8H,9H2,1-2H3,(H,16,18). The second-order valence-corrected chi connectivity index (χ2v) is 5.00. The van der Waals surface area contributed by atoms with E-state index in [0.29, 0.717) is 17.9 Å². The van der Waals surface area contributed by atoms with Gasteiger partial charge in [0.25, 0.3) is 5.91 Å². The van der Waals surface area contributed by atoms with Crippen molar-refractivity contribution in [3.05, 3.63) is 52.3 Å². The number of aromatic nitrogens is 1. The van der Waals surface area contributed by atoms with Crippen LogP contribution in [0.25, 0.3) is 0 Å². The Morgan fingerprint density at radius 1 is 1.42 bits per heavy atom. The number of amides is 1. The molecule has 0 atom stereocenters. The van der Waals surface area contributed by atoms with E-state index in [-0.39, 0.29) is 5.91 Å². The molecule has 4 nitrogen and oxygen atoms in total. The molecule has 0 aliphatic carbocycles. The summed E-state index contributed by atoms with van der Waals surface area (Å²) >= 11 is 3.37. The zero-order valence-electron chi connectivity index (χ0n) is 10.8. The van der Waals surface area contributed by atoms with Crippen molar-refractivity contribution < 1.29 is 9.53 Å². The van der Waals surface area contributed by atoms with Gasteiger partial charge in [-0.15, -0.1) is 0 Å². The van der Waals surface area contributed by atoms with Crippen molar-refractivity contribution in [1.82, 2.24) is 9.88 Å². The number of benzene rings is 1. The number of nitrogens with one attached hydrogen (secondary N) is 1. The molecule has 0 bridgehead atoms. The second kappa shape index (κ2) is 5.93. The summed E-state index contributed by atoms with van der Waals surface area (Å²) in [6.07, 6.45) is 1.95. The van der Waals surface area contributed by atoms with Crippen LogP contribution in [-0.4, -0.2) is 17.6 Å². The van der Waals surface area contributed by atoms with Gasteiger partial charge in [0.1, 0.15) is 5.75 Å². The molecule has 1 heterocycles. The molecule has 0 aliphatic rings. The van der Waals surface area contributed by atoms with Crippen LogP contribution in [0.5, 0.6) is 5.75 Å². The third kappa shape index (κ3) is 3.17. The molecule has 1 amide bonds. The normalized spacial score (nSPS) is 10.3. The van der Waals surface area contributed by atoms with E-state index in [0.717, 1.165) is 10.2 Å². The lowest BCUT2D eigenvalue weighted by molar-refractivity contribution is 0.0950. The van der Waals surface area contributed by atoms with Crippen molar-refractivity contribution >= 4 is 21.8 Å². The molecule has 1 aromatic heterocycles. The number of rotatable bonds is 4. The molecule has 0 radical (unpaired) electrons. The highest BCUT2D eigenvalue weighted by atomic mass is 79.9. The van der Waals surface area contributed by atoms with Gasteiger partial charge in [-0.2, -0.15) is 0 Å². The molecule has 0 unspecified atom stereocenters. The van der Waals surface area contributed by atoms with Gasteiger partial charge in [-0.05, 0) is 46.3 Å². The molecule has 100 valence electrons. The number of carbonyl (C=O) groups excluding carboxylic acids is 1. The van der Waals surface area contributed by atoms with Crippen LogP contribution in [0.4, 0.5) is 0 Å². The highest BCUT2D eigenvalue weighted by molar-refractivity contribution is 9.10. The van der Waals surface area contributed by atoms with Gasteiger partial charge in [-0.1, -0.05) is 0 Å². The van der Waals surface area contributed by atoms with Crippen LogP contribution >= 0.6 is 15.9 Å². The second-order valence-electron chi connectivity index (χ2n) is 4.14. The van der Waals surface area contributed by atoms with Crippen molar-refractivity contribution in [2.75, 3.05) is 7.11 Å². The van der Waals surface area contributed by atoms with Crippen molar-refractivity contribution in [2.24, 2.45) is 7.05 Å². The van der Waals surface area contributed by atoms with E-state index in [2.05, 4.69) is 21.2 Å². The fourth-order valence-electron chi connectivity index (χ4n) is 1.76. The Labute approximate surface area is 120 Å². The van der Waals surface area contributed by atoms with E-state index in [1.54, 1.807) is 25.3 Å². The van der Waals surface area contributed by atoms with Crippen LogP contribution in [0.3, 0.4) is 0 Å². The van der Waals surface area contributed by atoms with Gasteiger partial charge in [-0.25, -0.2) is 0 Å². The number of hydrogen-bond donors (Lipinski definition) is 1. The quantitative estimate of drug-likeness (QED) is 0.940. The molecule has 0 saturated heterocycles. The number of carbonyl (C=O) groups is 1. The molecule has 1 N–H and O–H groups in total. The SMILES string of the molecule is COc1ccc(C(=O)NCc2cccn2C)cc1Br. The minimum absolute atomic E-state index is 0.107. The van der Waals surface area contributed by atoms with Gasteiger partial charge < -0.3 is 14.6 Å². The zero-order valence-corrected chi connectivity index (χ0v) is 12.4. The topological polar surface area (TPSA) is 43.3 Å². The van der Waals surface area contributed by atoms with Crippen molar-refractivity contribution in [3.8, 4) is 5.75 Å². The first-order valence-electron chi connectivity index (χ1n) is 5.83. The average Bonchev–Trinajstić information content (AvgIpc) is 2.81. The summed E-state index contributed by atoms with van der Waals surface area (Å²) in [5.74, 6) is 0.600. The summed E-state index contributed by atoms with van der Waals surface area (Å²) in [5, 5.41) is 2.89. The lowest BCUT2D eigenvalue weighted by Gasteiger charge is -2.08. The third-order valence-corrected chi connectivity index (χ3v) is 3.52. The predicted octanol–water partition coefficient (Wildman–Crippen LogP) is 2.73. The first-order valence-corrected chi connectivity index (χ1v) is 6.63. The fraction of sp³-hybridized carbons (Fsp3) is 0.214. The third-order valence-electron chi connectivity index (χ3n) is 2.90. The zero-order chi connectivity index (χ0) is 13.8. The van der Waals surface area contributed by atoms with Crippen LogP contribution in [0.1, 0.15) is 16.1 Å². The number of hydrogen-bond acceptors (Lipinski definition) is 2. The number of ether oxygens (including phenoxy) is 1. The molecule has 0 spiro atoms. The van der Waals surface area contributed by atoms with E-state index < -0.39 is 0 Å². The van der Waals surface area contributed by atoms with Crippen LogP contribution < -0.4 is 10.1 Å². The van der Waals surface area contributed by atoms with Crippen LogP contribution in [-0.2, 0) is 13.6 Å². The average molecular weight is 323 g/mol. The van der Waals surface area contributed by atoms with Crippen molar-refractivity contribution in [2.45, 2.75) is 6.54 Å². The molecular formula is C14H15BrN2O2. The van der Waals surface area contributed by atoms with E-state index in [4.69, 9.17) is 4.74 Å². The first-order chi connectivity index (χ1) is 9.11. The van der Waals surface area contributed by atoms with Gasteiger partial charge >= 0.3 is 0 Å². The Kier molecular flexibility index (Phi) is 4.27. The Balaban J connectivity index is 2.04. The Hall–Kier alpha value is -1.75. The van der Waals surface area contributed by atoms with Gasteiger partial charge in [0, 0.05) is 24.5 Å². The smallest absolute Gasteiger partial charge is 0.251 e. The molecule has 0 fully saturated rings. The van der Waals surface area contributed by atoms with Gasteiger partial charge in [0.05, 0.1) is 18.1 Å². The lowest BCUT2D eigenvalue weighted by Crippen LogP contribution is -2.23. The molecular weight excluding hydrogens is 308 g/mol. The molecule has 19 heavy (non-hydrogen) atoms.